The van der Waals surface area contributed by atoms with E-state index in [0.717, 1.165) is 0 Å². The Morgan fingerprint density at radius 1 is 1.75 bits per heavy atom. The topological polar surface area (TPSA) is 46.5 Å². The van der Waals surface area contributed by atoms with Crippen LogP contribution in [0.15, 0.2) is 12.3 Å². The van der Waals surface area contributed by atoms with Gasteiger partial charge < -0.3 is 9.84 Å². The van der Waals surface area contributed by atoms with Gasteiger partial charge in [0, 0.05) is 0 Å². The van der Waals surface area contributed by atoms with Crippen molar-refractivity contribution in [3.05, 3.63) is 12.3 Å². The minimum absolute atomic E-state index is 0. The maximum atomic E-state index is 9.71. The second kappa shape index (κ2) is 4.46. The van der Waals surface area contributed by atoms with Gasteiger partial charge in [-0.2, -0.15) is 0 Å². The smallest absolute Gasteiger partial charge is 0.370 e. The van der Waals surface area contributed by atoms with Gasteiger partial charge in [-0.1, -0.05) is 0 Å². The van der Waals surface area contributed by atoms with Gasteiger partial charge in [0.25, 0.3) is 0 Å². The summed E-state index contributed by atoms with van der Waals surface area (Å²) in [6.45, 7) is 3.05. The maximum Gasteiger partial charge on any atom is 0.370 e. The molecule has 0 saturated carbocycles. The predicted molar refractivity (Wildman–Crippen MR) is 31.0 cm³/mol. The van der Waals surface area contributed by atoms with E-state index in [4.69, 9.17) is 5.11 Å². The van der Waals surface area contributed by atoms with Gasteiger partial charge in [-0.3, -0.25) is 0 Å². The number of halogens is 1. The van der Waals surface area contributed by atoms with E-state index < -0.39 is 5.97 Å². The minimum atomic E-state index is -1.12. The van der Waals surface area contributed by atoms with E-state index in [9.17, 15) is 4.79 Å². The van der Waals surface area contributed by atoms with Crippen molar-refractivity contribution in [2.45, 2.75) is 0 Å². The molecule has 0 aromatic heterocycles. The van der Waals surface area contributed by atoms with Crippen LogP contribution in [0.4, 0.5) is 0 Å². The van der Waals surface area contributed by atoms with E-state index in [1.807, 2.05) is 0 Å². The SMILES string of the molecule is C=C(OC)C(=O)O.Cl. The fraction of sp³-hybridized carbons (Fsp3) is 0.250. The average molecular weight is 139 g/mol. The molecule has 0 fully saturated rings. The van der Waals surface area contributed by atoms with Gasteiger partial charge in [0.05, 0.1) is 7.11 Å². The van der Waals surface area contributed by atoms with Crippen molar-refractivity contribution in [2.24, 2.45) is 0 Å². The molecule has 48 valence electrons. The molecule has 0 radical (unpaired) electrons. The van der Waals surface area contributed by atoms with Crippen LogP contribution in [0, 0.1) is 0 Å². The maximum absolute atomic E-state index is 9.71. The molecule has 0 heterocycles. The summed E-state index contributed by atoms with van der Waals surface area (Å²) < 4.78 is 4.22. The number of aliphatic carboxylic acids is 1. The Labute approximate surface area is 53.4 Å². The highest BCUT2D eigenvalue weighted by atomic mass is 35.5. The summed E-state index contributed by atoms with van der Waals surface area (Å²) in [7, 11) is 1.26. The zero-order valence-corrected chi connectivity index (χ0v) is 5.20. The number of carbonyl (C=O) groups is 1. The molecule has 0 aliphatic heterocycles. The minimum Gasteiger partial charge on any atom is -0.490 e. The number of ether oxygens (including phenoxy) is 1. The fourth-order valence-corrected chi connectivity index (χ4v) is 0.0873. The summed E-state index contributed by atoms with van der Waals surface area (Å²) in [5.41, 5.74) is 0. The van der Waals surface area contributed by atoms with E-state index in [2.05, 4.69) is 11.3 Å². The van der Waals surface area contributed by atoms with E-state index in [0.29, 0.717) is 0 Å². The van der Waals surface area contributed by atoms with Gasteiger partial charge in [-0.15, -0.1) is 12.4 Å². The summed E-state index contributed by atoms with van der Waals surface area (Å²) in [4.78, 5) is 9.71. The molecule has 0 aromatic carbocycles. The first-order chi connectivity index (χ1) is 3.18. The second-order valence-electron chi connectivity index (χ2n) is 0.932. The van der Waals surface area contributed by atoms with Crippen molar-refractivity contribution in [3.63, 3.8) is 0 Å². The van der Waals surface area contributed by atoms with Crippen molar-refractivity contribution in [1.82, 2.24) is 0 Å². The lowest BCUT2D eigenvalue weighted by atomic mass is 10.6. The lowest BCUT2D eigenvalue weighted by Crippen LogP contribution is -1.99. The number of rotatable bonds is 2. The first-order valence-electron chi connectivity index (χ1n) is 1.64. The normalized spacial score (nSPS) is 6.62. The van der Waals surface area contributed by atoms with Crippen LogP contribution in [0.1, 0.15) is 0 Å². The van der Waals surface area contributed by atoms with Gasteiger partial charge >= 0.3 is 5.97 Å². The van der Waals surface area contributed by atoms with Gasteiger partial charge in [-0.05, 0) is 6.58 Å². The molecule has 0 rings (SSSR count). The third-order valence-electron chi connectivity index (χ3n) is 0.485. The fourth-order valence-electron chi connectivity index (χ4n) is 0.0873. The number of carboxylic acid groups (broad SMARTS) is 1. The molecular formula is C4H7ClO3. The number of carboxylic acids is 1. The Balaban J connectivity index is 0. The lowest BCUT2D eigenvalue weighted by molar-refractivity contribution is -0.136. The molecule has 0 spiro atoms. The Hall–Kier alpha value is -0.700. The largest absolute Gasteiger partial charge is 0.490 e. The number of hydrogen-bond acceptors (Lipinski definition) is 2. The molecular weight excluding hydrogens is 131 g/mol. The lowest BCUT2D eigenvalue weighted by Gasteiger charge is -1.92. The Kier molecular flexibility index (Phi) is 5.75. The molecule has 0 atom stereocenters. The van der Waals surface area contributed by atoms with E-state index >= 15 is 0 Å². The highest BCUT2D eigenvalue weighted by Crippen LogP contribution is 1.86. The first kappa shape index (κ1) is 10.3. The third kappa shape index (κ3) is 3.49. The highest BCUT2D eigenvalue weighted by Gasteiger charge is 1.98. The molecule has 1 N–H and O–H groups in total. The summed E-state index contributed by atoms with van der Waals surface area (Å²) in [5.74, 6) is -1.36. The van der Waals surface area contributed by atoms with Crippen molar-refractivity contribution >= 4 is 18.4 Å². The standard InChI is InChI=1S/C4H6O3.ClH/c1-3(7-2)4(5)6;/h1H2,2H3,(H,5,6);1H. The molecule has 8 heavy (non-hydrogen) atoms. The molecule has 0 aliphatic rings. The summed E-state index contributed by atoms with van der Waals surface area (Å²) in [5, 5.41) is 7.96. The van der Waals surface area contributed by atoms with Crippen LogP contribution in [-0.2, 0) is 9.53 Å². The number of methoxy groups -OCH3 is 1. The van der Waals surface area contributed by atoms with Crippen LogP contribution < -0.4 is 0 Å². The Morgan fingerprint density at radius 2 is 2.12 bits per heavy atom. The van der Waals surface area contributed by atoms with Crippen LogP contribution in [0.3, 0.4) is 0 Å². The quantitative estimate of drug-likeness (QED) is 0.450. The van der Waals surface area contributed by atoms with Gasteiger partial charge in [0.15, 0.2) is 5.76 Å². The Morgan fingerprint density at radius 3 is 2.12 bits per heavy atom. The summed E-state index contributed by atoms with van der Waals surface area (Å²) in [6.07, 6.45) is 0. The van der Waals surface area contributed by atoms with Crippen LogP contribution in [0.25, 0.3) is 0 Å². The molecule has 3 nitrogen and oxygen atoms in total. The van der Waals surface area contributed by atoms with Crippen molar-refractivity contribution in [2.75, 3.05) is 7.11 Å². The van der Waals surface area contributed by atoms with E-state index in [1.54, 1.807) is 0 Å². The zero-order chi connectivity index (χ0) is 5.86. The van der Waals surface area contributed by atoms with Crippen molar-refractivity contribution in [3.8, 4) is 0 Å². The van der Waals surface area contributed by atoms with E-state index in [-0.39, 0.29) is 18.2 Å². The van der Waals surface area contributed by atoms with Crippen LogP contribution in [0.2, 0.25) is 0 Å². The van der Waals surface area contributed by atoms with Gasteiger partial charge in [-0.25, -0.2) is 4.79 Å². The second-order valence-corrected chi connectivity index (χ2v) is 0.932. The molecule has 0 aliphatic carbocycles. The molecule has 0 aromatic rings. The zero-order valence-electron chi connectivity index (χ0n) is 4.38. The summed E-state index contributed by atoms with van der Waals surface area (Å²) >= 11 is 0. The highest BCUT2D eigenvalue weighted by molar-refractivity contribution is 5.85. The van der Waals surface area contributed by atoms with Crippen LogP contribution in [0.5, 0.6) is 0 Å². The molecule has 4 heteroatoms. The first-order valence-corrected chi connectivity index (χ1v) is 1.64. The molecule has 0 saturated heterocycles. The van der Waals surface area contributed by atoms with Gasteiger partial charge in [0.2, 0.25) is 0 Å². The monoisotopic (exact) mass is 138 g/mol. The Bertz CT molecular complexity index is 99.5. The van der Waals surface area contributed by atoms with E-state index in [1.165, 1.54) is 7.11 Å². The third-order valence-corrected chi connectivity index (χ3v) is 0.485. The number of hydrogen-bond donors (Lipinski definition) is 1. The molecule has 0 bridgehead atoms. The van der Waals surface area contributed by atoms with Crippen LogP contribution in [-0.4, -0.2) is 18.2 Å². The van der Waals surface area contributed by atoms with Crippen molar-refractivity contribution < 1.29 is 14.6 Å². The predicted octanol–water partition coefficient (Wildman–Crippen LogP) is 0.653. The van der Waals surface area contributed by atoms with Crippen LogP contribution >= 0.6 is 12.4 Å². The molecule has 0 amide bonds. The summed E-state index contributed by atoms with van der Waals surface area (Å²) in [6, 6.07) is 0. The van der Waals surface area contributed by atoms with Crippen molar-refractivity contribution in [1.29, 1.82) is 0 Å². The molecule has 0 unspecified atom stereocenters. The van der Waals surface area contributed by atoms with Gasteiger partial charge in [0.1, 0.15) is 0 Å². The average Bonchev–Trinajstić information content (AvgIpc) is 1.65.